The highest BCUT2D eigenvalue weighted by molar-refractivity contribution is 7.92. The third-order valence-electron chi connectivity index (χ3n) is 3.57. The van der Waals surface area contributed by atoms with Gasteiger partial charge in [-0.2, -0.15) is 4.31 Å². The van der Waals surface area contributed by atoms with Crippen molar-refractivity contribution in [1.29, 1.82) is 0 Å². The third kappa shape index (κ3) is 5.37. The Kier molecular flexibility index (Phi) is 6.18. The van der Waals surface area contributed by atoms with E-state index >= 15 is 0 Å². The van der Waals surface area contributed by atoms with E-state index in [2.05, 4.69) is 5.32 Å². The monoisotopic (exact) mass is 338 g/mol. The Balaban J connectivity index is 1.99. The van der Waals surface area contributed by atoms with E-state index in [9.17, 15) is 13.2 Å². The summed E-state index contributed by atoms with van der Waals surface area (Å²) < 4.78 is 31.1. The van der Waals surface area contributed by atoms with Crippen LogP contribution < -0.4 is 5.32 Å². The van der Waals surface area contributed by atoms with Gasteiger partial charge in [-0.3, -0.25) is 0 Å². The largest absolute Gasteiger partial charge is 0.450 e. The van der Waals surface area contributed by atoms with E-state index in [1.165, 1.54) is 9.71 Å². The highest BCUT2D eigenvalue weighted by atomic mass is 32.2. The minimum absolute atomic E-state index is 0.220. The molecule has 0 aromatic heterocycles. The molecule has 1 N–H and O–H groups in total. The molecule has 0 radical (unpaired) electrons. The van der Waals surface area contributed by atoms with E-state index in [-0.39, 0.29) is 12.6 Å². The maximum absolute atomic E-state index is 12.4. The lowest BCUT2D eigenvalue weighted by Crippen LogP contribution is -2.49. The molecule has 2 rings (SSSR count). The number of sulfonamides is 1. The van der Waals surface area contributed by atoms with E-state index in [4.69, 9.17) is 4.74 Å². The molecule has 0 bridgehead atoms. The molecule has 1 heterocycles. The Morgan fingerprint density at radius 1 is 1.39 bits per heavy atom. The second-order valence-electron chi connectivity index (χ2n) is 5.32. The molecule has 1 atom stereocenters. The van der Waals surface area contributed by atoms with Gasteiger partial charge in [0.1, 0.15) is 0 Å². The zero-order valence-electron chi connectivity index (χ0n) is 13.1. The van der Waals surface area contributed by atoms with Gasteiger partial charge in [-0.15, -0.1) is 0 Å². The lowest BCUT2D eigenvalue weighted by Gasteiger charge is -2.31. The Labute approximate surface area is 137 Å². The first-order chi connectivity index (χ1) is 11.0. The number of piperidine rings is 1. The molecule has 1 aliphatic rings. The van der Waals surface area contributed by atoms with Crippen molar-refractivity contribution < 1.29 is 17.9 Å². The summed E-state index contributed by atoms with van der Waals surface area (Å²) >= 11 is 0. The lowest BCUT2D eigenvalue weighted by molar-refractivity contribution is 0.142. The Morgan fingerprint density at radius 3 is 2.83 bits per heavy atom. The Bertz CT molecular complexity index is 643. The average molecular weight is 338 g/mol. The summed E-state index contributed by atoms with van der Waals surface area (Å²) in [7, 11) is -3.50. The molecular weight excluding hydrogens is 316 g/mol. The van der Waals surface area contributed by atoms with Crippen LogP contribution in [0.5, 0.6) is 0 Å². The number of hydrogen-bond acceptors (Lipinski definition) is 4. The standard InChI is InChI=1S/C16H22N2O4S/c1-2-22-16(19)17-15-9-6-11-18(13-15)23(20,21)12-10-14-7-4-3-5-8-14/h3-5,7-8,10,12,15H,2,6,9,11,13H2,1H3,(H,17,19)/b12-10+. The number of amides is 1. The van der Waals surface area contributed by atoms with Crippen molar-refractivity contribution >= 4 is 22.2 Å². The van der Waals surface area contributed by atoms with Crippen LogP contribution in [0.15, 0.2) is 35.7 Å². The van der Waals surface area contributed by atoms with Crippen molar-refractivity contribution in [3.05, 3.63) is 41.3 Å². The van der Waals surface area contributed by atoms with Crippen LogP contribution in [0.2, 0.25) is 0 Å². The summed E-state index contributed by atoms with van der Waals surface area (Å²) in [4.78, 5) is 11.5. The van der Waals surface area contributed by atoms with Crippen LogP contribution >= 0.6 is 0 Å². The number of hydrogen-bond donors (Lipinski definition) is 1. The van der Waals surface area contributed by atoms with E-state index < -0.39 is 16.1 Å². The van der Waals surface area contributed by atoms with Gasteiger partial charge in [0.2, 0.25) is 10.0 Å². The summed E-state index contributed by atoms with van der Waals surface area (Å²) in [6.45, 7) is 2.74. The summed E-state index contributed by atoms with van der Waals surface area (Å²) in [5.74, 6) is 0. The quantitative estimate of drug-likeness (QED) is 0.893. The number of carbonyl (C=O) groups is 1. The summed E-state index contributed by atoms with van der Waals surface area (Å²) in [6.07, 6.45) is 2.53. The molecule has 1 unspecified atom stereocenters. The number of nitrogens with zero attached hydrogens (tertiary/aromatic N) is 1. The van der Waals surface area contributed by atoms with Gasteiger partial charge < -0.3 is 10.1 Å². The molecule has 1 amide bonds. The van der Waals surface area contributed by atoms with Gasteiger partial charge >= 0.3 is 6.09 Å². The van der Waals surface area contributed by atoms with E-state index in [1.54, 1.807) is 13.0 Å². The minimum Gasteiger partial charge on any atom is -0.450 e. The fourth-order valence-electron chi connectivity index (χ4n) is 2.45. The molecule has 1 aromatic rings. The number of benzene rings is 1. The minimum atomic E-state index is -3.50. The van der Waals surface area contributed by atoms with Crippen molar-refractivity contribution in [3.63, 3.8) is 0 Å². The molecule has 7 heteroatoms. The molecule has 1 aliphatic heterocycles. The maximum Gasteiger partial charge on any atom is 0.407 e. The lowest BCUT2D eigenvalue weighted by atomic mass is 10.1. The van der Waals surface area contributed by atoms with Gasteiger partial charge in [0.05, 0.1) is 6.61 Å². The number of alkyl carbamates (subject to hydrolysis) is 1. The van der Waals surface area contributed by atoms with Gasteiger partial charge in [-0.05, 0) is 31.4 Å². The average Bonchev–Trinajstić information content (AvgIpc) is 2.54. The molecule has 0 aliphatic carbocycles. The third-order valence-corrected chi connectivity index (χ3v) is 5.10. The number of nitrogens with one attached hydrogen (secondary N) is 1. The van der Waals surface area contributed by atoms with Crippen molar-refractivity contribution in [3.8, 4) is 0 Å². The second-order valence-corrected chi connectivity index (χ2v) is 7.14. The predicted octanol–water partition coefficient (Wildman–Crippen LogP) is 2.20. The van der Waals surface area contributed by atoms with Crippen molar-refractivity contribution in [2.75, 3.05) is 19.7 Å². The van der Waals surface area contributed by atoms with Crippen LogP contribution in [0.25, 0.3) is 6.08 Å². The fraction of sp³-hybridized carbons (Fsp3) is 0.438. The van der Waals surface area contributed by atoms with Crippen LogP contribution in [0.1, 0.15) is 25.3 Å². The molecule has 0 spiro atoms. The normalized spacial score (nSPS) is 19.6. The molecule has 1 aromatic carbocycles. The number of carbonyl (C=O) groups excluding carboxylic acids is 1. The summed E-state index contributed by atoms with van der Waals surface area (Å²) in [5.41, 5.74) is 0.828. The SMILES string of the molecule is CCOC(=O)NC1CCCN(S(=O)(=O)/C=C/c2ccccc2)C1. The summed E-state index contributed by atoms with van der Waals surface area (Å²) in [5, 5.41) is 3.92. The summed E-state index contributed by atoms with van der Waals surface area (Å²) in [6, 6.07) is 9.05. The van der Waals surface area contributed by atoms with Gasteiger partial charge in [-0.1, -0.05) is 30.3 Å². The molecule has 6 nitrogen and oxygen atoms in total. The van der Waals surface area contributed by atoms with Gasteiger partial charge in [0, 0.05) is 24.5 Å². The van der Waals surface area contributed by atoms with E-state index in [0.717, 1.165) is 12.0 Å². The molecular formula is C16H22N2O4S. The van der Waals surface area contributed by atoms with Crippen molar-refractivity contribution in [2.24, 2.45) is 0 Å². The van der Waals surface area contributed by atoms with Crippen LogP contribution in [-0.4, -0.2) is 44.6 Å². The van der Waals surface area contributed by atoms with Crippen LogP contribution in [0.3, 0.4) is 0 Å². The molecule has 1 saturated heterocycles. The maximum atomic E-state index is 12.4. The van der Waals surface area contributed by atoms with Crippen LogP contribution in [0.4, 0.5) is 4.79 Å². The smallest absolute Gasteiger partial charge is 0.407 e. The molecule has 0 saturated carbocycles. The first-order valence-corrected chi connectivity index (χ1v) is 9.18. The Hall–Kier alpha value is -1.86. The van der Waals surface area contributed by atoms with Gasteiger partial charge in [0.25, 0.3) is 0 Å². The second kappa shape index (κ2) is 8.12. The van der Waals surface area contributed by atoms with Gasteiger partial charge in [-0.25, -0.2) is 13.2 Å². The van der Waals surface area contributed by atoms with E-state index in [0.29, 0.717) is 19.6 Å². The van der Waals surface area contributed by atoms with Gasteiger partial charge in [0.15, 0.2) is 0 Å². The number of rotatable bonds is 5. The molecule has 1 fully saturated rings. The molecule has 23 heavy (non-hydrogen) atoms. The highest BCUT2D eigenvalue weighted by Gasteiger charge is 2.28. The van der Waals surface area contributed by atoms with Crippen LogP contribution in [-0.2, 0) is 14.8 Å². The van der Waals surface area contributed by atoms with Crippen molar-refractivity contribution in [1.82, 2.24) is 9.62 Å². The first-order valence-electron chi connectivity index (χ1n) is 7.68. The zero-order valence-corrected chi connectivity index (χ0v) is 14.0. The first kappa shape index (κ1) is 17.5. The zero-order chi connectivity index (χ0) is 16.7. The topological polar surface area (TPSA) is 75.7 Å². The van der Waals surface area contributed by atoms with Crippen molar-refractivity contribution in [2.45, 2.75) is 25.8 Å². The predicted molar refractivity (Wildman–Crippen MR) is 89.1 cm³/mol. The number of ether oxygens (including phenoxy) is 1. The molecule has 126 valence electrons. The highest BCUT2D eigenvalue weighted by Crippen LogP contribution is 2.16. The fourth-order valence-corrected chi connectivity index (χ4v) is 3.72. The van der Waals surface area contributed by atoms with Crippen LogP contribution in [0, 0.1) is 0 Å². The van der Waals surface area contributed by atoms with E-state index in [1.807, 2.05) is 30.3 Å². The Morgan fingerprint density at radius 2 is 2.13 bits per heavy atom.